The fraction of sp³-hybridized carbons (Fsp3) is 0.296. The lowest BCUT2D eigenvalue weighted by atomic mass is 9.78. The van der Waals surface area contributed by atoms with Crippen LogP contribution in [0.5, 0.6) is 0 Å². The first-order valence-corrected chi connectivity index (χ1v) is 11.6. The van der Waals surface area contributed by atoms with Crippen LogP contribution in [0, 0.1) is 6.92 Å². The van der Waals surface area contributed by atoms with Gasteiger partial charge in [-0.25, -0.2) is 0 Å². The third kappa shape index (κ3) is 4.70. The number of aromatic nitrogens is 1. The molecule has 9 heteroatoms. The number of aryl methyl sites for hydroxylation is 1. The number of fused-ring (bicyclic) bond motifs is 1. The summed E-state index contributed by atoms with van der Waals surface area (Å²) in [6, 6.07) is 13.0. The molecule has 3 heterocycles. The van der Waals surface area contributed by atoms with Gasteiger partial charge in [0, 0.05) is 41.8 Å². The monoisotopic (exact) mass is 495 g/mol. The van der Waals surface area contributed by atoms with Crippen LogP contribution in [0.15, 0.2) is 54.7 Å². The number of carbonyl (C=O) groups excluding carboxylic acids is 2. The van der Waals surface area contributed by atoms with Crippen molar-refractivity contribution in [1.82, 2.24) is 10.3 Å². The molecule has 0 saturated carbocycles. The van der Waals surface area contributed by atoms with Crippen LogP contribution >= 0.6 is 0 Å². The minimum absolute atomic E-state index is 0.0852. The summed E-state index contributed by atoms with van der Waals surface area (Å²) in [5, 5.41) is 5.85. The molecule has 0 bridgehead atoms. The van der Waals surface area contributed by atoms with Gasteiger partial charge in [0.15, 0.2) is 0 Å². The van der Waals surface area contributed by atoms with Gasteiger partial charge in [0.2, 0.25) is 0 Å². The SMILES string of the molecule is Cc1ccc(NC(=O)c2ccnc(C(F)(F)F)c2)cc1-c1ccc2c(c1)CC1(CCOCC1)NC2=O. The number of pyridine rings is 1. The minimum atomic E-state index is -4.64. The number of anilines is 1. The van der Waals surface area contributed by atoms with Gasteiger partial charge >= 0.3 is 6.18 Å². The van der Waals surface area contributed by atoms with Crippen molar-refractivity contribution in [2.75, 3.05) is 18.5 Å². The van der Waals surface area contributed by atoms with E-state index in [4.69, 9.17) is 4.74 Å². The summed E-state index contributed by atoms with van der Waals surface area (Å²) in [5.41, 5.74) is 3.20. The Morgan fingerprint density at radius 2 is 1.83 bits per heavy atom. The molecule has 3 aromatic rings. The number of ether oxygens (including phenoxy) is 1. The largest absolute Gasteiger partial charge is 0.433 e. The molecule has 1 fully saturated rings. The topological polar surface area (TPSA) is 80.3 Å². The molecule has 2 aliphatic heterocycles. The van der Waals surface area contributed by atoms with Gasteiger partial charge in [-0.15, -0.1) is 0 Å². The van der Waals surface area contributed by atoms with E-state index in [1.165, 1.54) is 6.07 Å². The summed E-state index contributed by atoms with van der Waals surface area (Å²) < 4.78 is 44.4. The molecule has 0 unspecified atom stereocenters. The zero-order valence-electron chi connectivity index (χ0n) is 19.5. The van der Waals surface area contributed by atoms with E-state index < -0.39 is 17.8 Å². The smallest absolute Gasteiger partial charge is 0.381 e. The lowest BCUT2D eigenvalue weighted by molar-refractivity contribution is -0.141. The second-order valence-corrected chi connectivity index (χ2v) is 9.31. The van der Waals surface area contributed by atoms with Gasteiger partial charge in [-0.3, -0.25) is 14.6 Å². The highest BCUT2D eigenvalue weighted by atomic mass is 19.4. The summed E-state index contributed by atoms with van der Waals surface area (Å²) in [7, 11) is 0. The van der Waals surface area contributed by atoms with Crippen molar-refractivity contribution in [3.05, 3.63) is 82.7 Å². The number of alkyl halides is 3. The van der Waals surface area contributed by atoms with Gasteiger partial charge in [0.1, 0.15) is 5.69 Å². The molecule has 1 saturated heterocycles. The molecule has 1 spiro atoms. The molecule has 5 rings (SSSR count). The Balaban J connectivity index is 1.42. The van der Waals surface area contributed by atoms with Gasteiger partial charge in [0.05, 0.1) is 0 Å². The summed E-state index contributed by atoms with van der Waals surface area (Å²) in [6.07, 6.45) is -1.45. The highest BCUT2D eigenvalue weighted by Gasteiger charge is 2.39. The van der Waals surface area contributed by atoms with Crippen LogP contribution in [0.1, 0.15) is 50.4 Å². The molecule has 6 nitrogen and oxygen atoms in total. The predicted molar refractivity (Wildman–Crippen MR) is 128 cm³/mol. The van der Waals surface area contributed by atoms with Crippen LogP contribution in [-0.2, 0) is 17.3 Å². The van der Waals surface area contributed by atoms with Crippen LogP contribution in [-0.4, -0.2) is 35.6 Å². The first-order chi connectivity index (χ1) is 17.1. The van der Waals surface area contributed by atoms with Gasteiger partial charge in [-0.2, -0.15) is 13.2 Å². The van der Waals surface area contributed by atoms with E-state index in [9.17, 15) is 22.8 Å². The molecule has 2 N–H and O–H groups in total. The molecule has 2 aliphatic rings. The van der Waals surface area contributed by atoms with Crippen molar-refractivity contribution in [2.45, 2.75) is 37.9 Å². The van der Waals surface area contributed by atoms with E-state index in [0.29, 0.717) is 30.9 Å². The lowest BCUT2D eigenvalue weighted by Gasteiger charge is -2.41. The second kappa shape index (κ2) is 9.05. The number of hydrogen-bond donors (Lipinski definition) is 2. The Bertz CT molecular complexity index is 1350. The zero-order valence-corrected chi connectivity index (χ0v) is 19.5. The Morgan fingerprint density at radius 3 is 2.58 bits per heavy atom. The molecule has 1 aromatic heterocycles. The molecule has 0 radical (unpaired) electrons. The Morgan fingerprint density at radius 1 is 1.06 bits per heavy atom. The average molecular weight is 496 g/mol. The van der Waals surface area contributed by atoms with E-state index in [2.05, 4.69) is 15.6 Å². The van der Waals surface area contributed by atoms with Crippen molar-refractivity contribution in [3.63, 3.8) is 0 Å². The molecule has 0 atom stereocenters. The van der Waals surface area contributed by atoms with Crippen molar-refractivity contribution < 1.29 is 27.5 Å². The van der Waals surface area contributed by atoms with E-state index in [1.54, 1.807) is 12.1 Å². The molecule has 36 heavy (non-hydrogen) atoms. The molecule has 2 amide bonds. The lowest BCUT2D eigenvalue weighted by Crippen LogP contribution is -2.56. The third-order valence-electron chi connectivity index (χ3n) is 6.83. The highest BCUT2D eigenvalue weighted by Crippen LogP contribution is 2.35. The zero-order chi connectivity index (χ0) is 25.5. The molecule has 2 aromatic carbocycles. The number of nitrogens with one attached hydrogen (secondary N) is 2. The number of carbonyl (C=O) groups is 2. The van der Waals surface area contributed by atoms with Gasteiger partial charge in [-0.1, -0.05) is 18.2 Å². The minimum Gasteiger partial charge on any atom is -0.381 e. The molecular weight excluding hydrogens is 471 g/mol. The van der Waals surface area contributed by atoms with Gasteiger partial charge in [-0.05, 0) is 78.8 Å². The Hall–Kier alpha value is -3.72. The molecule has 186 valence electrons. The van der Waals surface area contributed by atoms with E-state index in [1.807, 2.05) is 31.2 Å². The number of halogens is 3. The predicted octanol–water partition coefficient (Wildman–Crippen LogP) is 5.16. The highest BCUT2D eigenvalue weighted by molar-refractivity contribution is 6.04. The third-order valence-corrected chi connectivity index (χ3v) is 6.83. The first kappa shape index (κ1) is 24.0. The number of nitrogens with zero attached hydrogens (tertiary/aromatic N) is 1. The fourth-order valence-corrected chi connectivity index (χ4v) is 4.85. The summed E-state index contributed by atoms with van der Waals surface area (Å²) >= 11 is 0. The number of amides is 2. The Labute approximate surface area is 205 Å². The van der Waals surface area contributed by atoms with Crippen molar-refractivity contribution >= 4 is 17.5 Å². The normalized spacial score (nSPS) is 16.8. The second-order valence-electron chi connectivity index (χ2n) is 9.31. The van der Waals surface area contributed by atoms with Crippen LogP contribution in [0.2, 0.25) is 0 Å². The van der Waals surface area contributed by atoms with Crippen molar-refractivity contribution in [2.24, 2.45) is 0 Å². The van der Waals surface area contributed by atoms with Crippen LogP contribution < -0.4 is 10.6 Å². The van der Waals surface area contributed by atoms with Crippen molar-refractivity contribution in [1.29, 1.82) is 0 Å². The standard InChI is InChI=1S/C27H24F3N3O3/c1-16-2-4-20(32-24(34)18-6-9-31-23(13-18)27(28,29)30)14-22(16)17-3-5-21-19(12-17)15-26(33-25(21)35)7-10-36-11-8-26/h2-6,9,12-14H,7-8,10-11,15H2,1H3,(H,32,34)(H,33,35). The maximum absolute atomic E-state index is 13.0. The quantitative estimate of drug-likeness (QED) is 0.526. The van der Waals surface area contributed by atoms with E-state index in [0.717, 1.165) is 47.4 Å². The number of benzene rings is 2. The summed E-state index contributed by atoms with van der Waals surface area (Å²) in [4.78, 5) is 28.8. The van der Waals surface area contributed by atoms with Gasteiger partial charge in [0.25, 0.3) is 11.8 Å². The summed E-state index contributed by atoms with van der Waals surface area (Å²) in [6.45, 7) is 3.15. The van der Waals surface area contributed by atoms with Gasteiger partial charge < -0.3 is 15.4 Å². The fourth-order valence-electron chi connectivity index (χ4n) is 4.85. The van der Waals surface area contributed by atoms with E-state index >= 15 is 0 Å². The average Bonchev–Trinajstić information content (AvgIpc) is 2.85. The number of hydrogen-bond acceptors (Lipinski definition) is 4. The summed E-state index contributed by atoms with van der Waals surface area (Å²) in [5.74, 6) is -0.751. The van der Waals surface area contributed by atoms with Crippen LogP contribution in [0.25, 0.3) is 11.1 Å². The maximum Gasteiger partial charge on any atom is 0.433 e. The Kier molecular flexibility index (Phi) is 6.04. The van der Waals surface area contributed by atoms with Crippen LogP contribution in [0.3, 0.4) is 0 Å². The molecule has 0 aliphatic carbocycles. The van der Waals surface area contributed by atoms with E-state index in [-0.39, 0.29) is 17.0 Å². The van der Waals surface area contributed by atoms with Crippen molar-refractivity contribution in [3.8, 4) is 11.1 Å². The first-order valence-electron chi connectivity index (χ1n) is 11.6. The molecular formula is C27H24F3N3O3. The maximum atomic E-state index is 13.0. The van der Waals surface area contributed by atoms with Crippen LogP contribution in [0.4, 0.5) is 18.9 Å². The number of rotatable bonds is 3.